The smallest absolute Gasteiger partial charge is 0.252 e. The van der Waals surface area contributed by atoms with Gasteiger partial charge in [0, 0.05) is 29.1 Å². The summed E-state index contributed by atoms with van der Waals surface area (Å²) in [6.45, 7) is 13.9. The number of aromatic nitrogens is 5. The Morgan fingerprint density at radius 2 is 1.94 bits per heavy atom. The summed E-state index contributed by atoms with van der Waals surface area (Å²) in [4.78, 5) is 18.7. The lowest BCUT2D eigenvalue weighted by Crippen LogP contribution is -2.42. The van der Waals surface area contributed by atoms with Crippen molar-refractivity contribution in [3.05, 3.63) is 46.0 Å². The van der Waals surface area contributed by atoms with Gasteiger partial charge in [0.1, 0.15) is 5.75 Å². The minimum atomic E-state index is -0.233. The summed E-state index contributed by atoms with van der Waals surface area (Å²) in [5.74, 6) is 1.95. The molecule has 0 bridgehead atoms. The summed E-state index contributed by atoms with van der Waals surface area (Å²) in [5, 5.41) is 13.9. The van der Waals surface area contributed by atoms with E-state index in [4.69, 9.17) is 4.74 Å². The molecule has 1 N–H and O–H groups in total. The lowest BCUT2D eigenvalue weighted by atomic mass is 9.96. The molecular weight excluding hydrogens is 428 g/mol. The molecule has 184 valence electrons. The highest BCUT2D eigenvalue weighted by Crippen LogP contribution is 2.37. The summed E-state index contributed by atoms with van der Waals surface area (Å²) < 4.78 is 7.63. The summed E-state index contributed by atoms with van der Waals surface area (Å²) in [6.07, 6.45) is 4.67. The maximum absolute atomic E-state index is 13.1. The SMILES string of the molecule is CCOc1ccc2[nH]c(=O)c(CN(C3CCCC3)[C@@H](c3nnnn3C(C)(C)C)C(C)C)cc2c1. The average molecular weight is 467 g/mol. The fraction of sp³-hybridized carbons (Fsp3) is 0.615. The van der Waals surface area contributed by atoms with E-state index in [2.05, 4.69) is 60.0 Å². The Morgan fingerprint density at radius 3 is 2.59 bits per heavy atom. The van der Waals surface area contributed by atoms with Crippen molar-refractivity contribution in [2.24, 2.45) is 5.92 Å². The van der Waals surface area contributed by atoms with Crippen molar-refractivity contribution in [2.45, 2.75) is 91.4 Å². The van der Waals surface area contributed by atoms with Crippen LogP contribution in [0, 0.1) is 5.92 Å². The molecule has 0 saturated heterocycles. The maximum atomic E-state index is 13.1. The Hall–Kier alpha value is -2.74. The zero-order valence-electron chi connectivity index (χ0n) is 21.3. The van der Waals surface area contributed by atoms with Crippen molar-refractivity contribution in [3.63, 3.8) is 0 Å². The highest BCUT2D eigenvalue weighted by atomic mass is 16.5. The molecule has 1 aliphatic rings. The molecule has 34 heavy (non-hydrogen) atoms. The minimum Gasteiger partial charge on any atom is -0.494 e. The van der Waals surface area contributed by atoms with E-state index in [9.17, 15) is 4.79 Å². The number of ether oxygens (including phenoxy) is 1. The van der Waals surface area contributed by atoms with Gasteiger partial charge in [-0.3, -0.25) is 9.69 Å². The van der Waals surface area contributed by atoms with Crippen molar-refractivity contribution in [2.75, 3.05) is 6.61 Å². The van der Waals surface area contributed by atoms with Gasteiger partial charge in [0.2, 0.25) is 0 Å². The molecular formula is C26H38N6O2. The molecule has 3 aromatic rings. The highest BCUT2D eigenvalue weighted by Gasteiger charge is 2.37. The molecule has 0 unspecified atom stereocenters. The van der Waals surface area contributed by atoms with Crippen LogP contribution in [0.5, 0.6) is 5.75 Å². The van der Waals surface area contributed by atoms with Crippen LogP contribution in [0.4, 0.5) is 0 Å². The predicted molar refractivity (Wildman–Crippen MR) is 134 cm³/mol. The molecule has 8 heteroatoms. The van der Waals surface area contributed by atoms with Gasteiger partial charge in [-0.05, 0) is 81.1 Å². The third kappa shape index (κ3) is 5.02. The lowest BCUT2D eigenvalue weighted by molar-refractivity contribution is 0.0802. The largest absolute Gasteiger partial charge is 0.494 e. The number of rotatable bonds is 8. The zero-order valence-corrected chi connectivity index (χ0v) is 21.3. The van der Waals surface area contributed by atoms with Gasteiger partial charge in [-0.15, -0.1) is 5.10 Å². The quantitative estimate of drug-likeness (QED) is 0.512. The van der Waals surface area contributed by atoms with Gasteiger partial charge in [-0.25, -0.2) is 4.68 Å². The Morgan fingerprint density at radius 1 is 1.21 bits per heavy atom. The molecule has 1 aromatic carbocycles. The first-order chi connectivity index (χ1) is 16.2. The monoisotopic (exact) mass is 466 g/mol. The number of nitrogens with zero attached hydrogens (tertiary/aromatic N) is 5. The van der Waals surface area contributed by atoms with Crippen LogP contribution in [0.15, 0.2) is 29.1 Å². The molecule has 0 radical (unpaired) electrons. The zero-order chi connectivity index (χ0) is 24.5. The standard InChI is InChI=1S/C26H38N6O2/c1-7-34-21-12-13-22-18(15-21)14-19(25(33)27-22)16-31(20-10-8-9-11-20)23(17(2)3)24-28-29-30-32(24)26(4,5)6/h12-15,17,20,23H,7-11,16H2,1-6H3,(H,27,33)/t23-/m1/s1. The van der Waals surface area contributed by atoms with Crippen molar-refractivity contribution >= 4 is 10.9 Å². The number of hydrogen-bond donors (Lipinski definition) is 1. The second-order valence-corrected chi connectivity index (χ2v) is 10.7. The molecule has 0 aliphatic heterocycles. The fourth-order valence-corrected chi connectivity index (χ4v) is 5.18. The number of pyridine rings is 1. The fourth-order valence-electron chi connectivity index (χ4n) is 5.18. The highest BCUT2D eigenvalue weighted by molar-refractivity contribution is 5.80. The molecule has 2 heterocycles. The molecule has 0 spiro atoms. The van der Waals surface area contributed by atoms with E-state index in [1.54, 1.807) is 0 Å². The first kappa shape index (κ1) is 24.4. The van der Waals surface area contributed by atoms with Gasteiger partial charge >= 0.3 is 0 Å². The molecule has 1 fully saturated rings. The number of fused-ring (bicyclic) bond motifs is 1. The second kappa shape index (κ2) is 9.86. The van der Waals surface area contributed by atoms with Crippen LogP contribution in [0.1, 0.15) is 84.7 Å². The van der Waals surface area contributed by atoms with Gasteiger partial charge < -0.3 is 9.72 Å². The normalized spacial score (nSPS) is 16.1. The first-order valence-electron chi connectivity index (χ1n) is 12.5. The molecule has 2 aromatic heterocycles. The van der Waals surface area contributed by atoms with Crippen molar-refractivity contribution < 1.29 is 4.74 Å². The van der Waals surface area contributed by atoms with Crippen molar-refractivity contribution in [1.29, 1.82) is 0 Å². The van der Waals surface area contributed by atoms with E-state index >= 15 is 0 Å². The predicted octanol–water partition coefficient (Wildman–Crippen LogP) is 4.81. The van der Waals surface area contributed by atoms with Crippen LogP contribution in [0.25, 0.3) is 10.9 Å². The summed E-state index contributed by atoms with van der Waals surface area (Å²) in [7, 11) is 0. The van der Waals surface area contributed by atoms with Crippen LogP contribution in [-0.2, 0) is 12.1 Å². The van der Waals surface area contributed by atoms with Gasteiger partial charge in [0.25, 0.3) is 5.56 Å². The average Bonchev–Trinajstić information content (AvgIpc) is 3.46. The third-order valence-corrected chi connectivity index (χ3v) is 6.73. The van der Waals surface area contributed by atoms with Crippen molar-refractivity contribution in [3.8, 4) is 5.75 Å². The molecule has 4 rings (SSSR count). The number of tetrazole rings is 1. The van der Waals surface area contributed by atoms with Gasteiger partial charge in [0.15, 0.2) is 5.82 Å². The van der Waals surface area contributed by atoms with E-state index in [0.29, 0.717) is 19.2 Å². The topological polar surface area (TPSA) is 88.9 Å². The van der Waals surface area contributed by atoms with Crippen LogP contribution in [0.3, 0.4) is 0 Å². The van der Waals surface area contributed by atoms with E-state index in [1.165, 1.54) is 12.8 Å². The van der Waals surface area contributed by atoms with Crippen LogP contribution >= 0.6 is 0 Å². The molecule has 1 aliphatic carbocycles. The van der Waals surface area contributed by atoms with E-state index in [-0.39, 0.29) is 23.1 Å². The van der Waals surface area contributed by atoms with Crippen LogP contribution < -0.4 is 10.3 Å². The van der Waals surface area contributed by atoms with Gasteiger partial charge in [-0.1, -0.05) is 26.7 Å². The number of hydrogen-bond acceptors (Lipinski definition) is 6. The van der Waals surface area contributed by atoms with E-state index in [0.717, 1.165) is 40.9 Å². The Labute approximate surface area is 201 Å². The first-order valence-corrected chi connectivity index (χ1v) is 12.5. The Balaban J connectivity index is 1.77. The maximum Gasteiger partial charge on any atom is 0.252 e. The summed E-state index contributed by atoms with van der Waals surface area (Å²) >= 11 is 0. The number of H-pyrrole nitrogens is 1. The second-order valence-electron chi connectivity index (χ2n) is 10.7. The molecule has 1 saturated carbocycles. The third-order valence-electron chi connectivity index (χ3n) is 6.73. The summed E-state index contributed by atoms with van der Waals surface area (Å²) in [6, 6.07) is 8.22. The lowest BCUT2D eigenvalue weighted by Gasteiger charge is -2.39. The minimum absolute atomic E-state index is 0.00202. The van der Waals surface area contributed by atoms with Crippen LogP contribution in [0.2, 0.25) is 0 Å². The molecule has 1 atom stereocenters. The van der Waals surface area contributed by atoms with Crippen LogP contribution in [-0.4, -0.2) is 42.7 Å². The van der Waals surface area contributed by atoms with Gasteiger partial charge in [0.05, 0.1) is 18.2 Å². The Bertz CT molecular complexity index is 1170. The van der Waals surface area contributed by atoms with Crippen molar-refractivity contribution in [1.82, 2.24) is 30.1 Å². The molecule has 0 amide bonds. The van der Waals surface area contributed by atoms with E-state index < -0.39 is 0 Å². The summed E-state index contributed by atoms with van der Waals surface area (Å²) in [5.41, 5.74) is 1.30. The number of nitrogens with one attached hydrogen (secondary N) is 1. The van der Waals surface area contributed by atoms with Gasteiger partial charge in [-0.2, -0.15) is 0 Å². The Kier molecular flexibility index (Phi) is 7.07. The number of aromatic amines is 1. The molecule has 8 nitrogen and oxygen atoms in total. The van der Waals surface area contributed by atoms with E-state index in [1.807, 2.05) is 35.9 Å². The number of benzene rings is 1.